The zero-order chi connectivity index (χ0) is 19.8. The zero-order valence-electron chi connectivity index (χ0n) is 15.8. The van der Waals surface area contributed by atoms with E-state index in [2.05, 4.69) is 5.16 Å². The topological polar surface area (TPSA) is 64.8 Å². The monoisotopic (exact) mass is 386 g/mol. The molecule has 0 radical (unpaired) electrons. The molecule has 0 fully saturated rings. The number of fused-ring (bicyclic) bond motifs is 2. The Labute approximate surface area is 167 Å². The first-order valence-electron chi connectivity index (χ1n) is 9.28. The summed E-state index contributed by atoms with van der Waals surface area (Å²) in [5.74, 6) is 2.02. The lowest BCUT2D eigenvalue weighted by atomic mass is 10.1. The molecule has 1 amide bonds. The number of aromatic nitrogens is 1. The fourth-order valence-corrected chi connectivity index (χ4v) is 3.48. The molecule has 4 aromatic rings. The van der Waals surface area contributed by atoms with Gasteiger partial charge in [-0.3, -0.25) is 4.79 Å². The van der Waals surface area contributed by atoms with Gasteiger partial charge in [-0.15, -0.1) is 0 Å². The summed E-state index contributed by atoms with van der Waals surface area (Å²) in [5.41, 5.74) is 3.20. The van der Waals surface area contributed by atoms with Gasteiger partial charge in [0.2, 0.25) is 6.79 Å². The lowest BCUT2D eigenvalue weighted by Crippen LogP contribution is -2.26. The molecule has 144 valence electrons. The van der Waals surface area contributed by atoms with Crippen molar-refractivity contribution in [2.24, 2.45) is 0 Å². The number of ether oxygens (including phenoxy) is 2. The van der Waals surface area contributed by atoms with E-state index < -0.39 is 0 Å². The van der Waals surface area contributed by atoms with Crippen molar-refractivity contribution >= 4 is 16.8 Å². The summed E-state index contributed by atoms with van der Waals surface area (Å²) in [6.45, 7) is 0.693. The molecule has 0 saturated heterocycles. The summed E-state index contributed by atoms with van der Waals surface area (Å²) < 4.78 is 16.3. The van der Waals surface area contributed by atoms with Crippen LogP contribution in [0.1, 0.15) is 15.9 Å². The third kappa shape index (κ3) is 3.18. The molecule has 5 rings (SSSR count). The number of hydrogen-bond donors (Lipinski definition) is 0. The second-order valence-electron chi connectivity index (χ2n) is 6.96. The van der Waals surface area contributed by atoms with E-state index in [1.165, 1.54) is 0 Å². The van der Waals surface area contributed by atoms with Crippen molar-refractivity contribution in [1.82, 2.24) is 10.1 Å². The molecule has 3 aromatic carbocycles. The van der Waals surface area contributed by atoms with Crippen LogP contribution in [0.4, 0.5) is 0 Å². The highest BCUT2D eigenvalue weighted by Gasteiger charge is 2.18. The number of hydrogen-bond acceptors (Lipinski definition) is 5. The third-order valence-corrected chi connectivity index (χ3v) is 4.96. The van der Waals surface area contributed by atoms with E-state index in [0.29, 0.717) is 23.6 Å². The van der Waals surface area contributed by atoms with Gasteiger partial charge in [-0.2, -0.15) is 0 Å². The fourth-order valence-electron chi connectivity index (χ4n) is 3.48. The van der Waals surface area contributed by atoms with Gasteiger partial charge in [0.05, 0.1) is 5.39 Å². The molecule has 29 heavy (non-hydrogen) atoms. The van der Waals surface area contributed by atoms with Crippen LogP contribution in [0.25, 0.3) is 22.2 Å². The van der Waals surface area contributed by atoms with Gasteiger partial charge in [-0.1, -0.05) is 41.6 Å². The first-order chi connectivity index (χ1) is 14.2. The lowest BCUT2D eigenvalue weighted by molar-refractivity contribution is 0.0785. The molecule has 0 N–H and O–H groups in total. The van der Waals surface area contributed by atoms with Crippen molar-refractivity contribution in [3.8, 4) is 22.8 Å². The van der Waals surface area contributed by atoms with Gasteiger partial charge in [-0.05, 0) is 35.9 Å². The van der Waals surface area contributed by atoms with Gasteiger partial charge in [0.25, 0.3) is 5.91 Å². The summed E-state index contributed by atoms with van der Waals surface area (Å²) in [6.07, 6.45) is 0. The average Bonchev–Trinajstić information content (AvgIpc) is 3.39. The molecule has 0 aliphatic carbocycles. The summed E-state index contributed by atoms with van der Waals surface area (Å²) in [5, 5.41) is 4.93. The average molecular weight is 386 g/mol. The van der Waals surface area contributed by atoms with E-state index >= 15 is 0 Å². The minimum Gasteiger partial charge on any atom is -0.454 e. The first-order valence-corrected chi connectivity index (χ1v) is 9.28. The summed E-state index contributed by atoms with van der Waals surface area (Å²) >= 11 is 0. The Balaban J connectivity index is 1.41. The lowest BCUT2D eigenvalue weighted by Gasteiger charge is -2.17. The SMILES string of the molecule is CN(Cc1ccc2c(c1)OCO2)C(=O)c1ccc2noc(-c3ccccc3)c2c1. The molecule has 6 heteroatoms. The summed E-state index contributed by atoms with van der Waals surface area (Å²) in [7, 11) is 1.78. The van der Waals surface area contributed by atoms with E-state index in [0.717, 1.165) is 27.8 Å². The first kappa shape index (κ1) is 17.3. The van der Waals surface area contributed by atoms with E-state index in [1.807, 2.05) is 60.7 Å². The minimum absolute atomic E-state index is 0.0789. The summed E-state index contributed by atoms with van der Waals surface area (Å²) in [4.78, 5) is 14.7. The predicted octanol–water partition coefficient (Wildman–Crippen LogP) is 4.50. The fraction of sp³-hybridized carbons (Fsp3) is 0.130. The van der Waals surface area contributed by atoms with Crippen LogP contribution >= 0.6 is 0 Å². The molecular formula is C23H18N2O4. The van der Waals surface area contributed by atoms with Gasteiger partial charge >= 0.3 is 0 Å². The smallest absolute Gasteiger partial charge is 0.253 e. The van der Waals surface area contributed by atoms with Gasteiger partial charge < -0.3 is 18.9 Å². The third-order valence-electron chi connectivity index (χ3n) is 4.96. The van der Waals surface area contributed by atoms with Crippen molar-refractivity contribution in [2.75, 3.05) is 13.8 Å². The molecular weight excluding hydrogens is 368 g/mol. The highest BCUT2D eigenvalue weighted by molar-refractivity contribution is 6.00. The number of benzene rings is 3. The van der Waals surface area contributed by atoms with Crippen molar-refractivity contribution < 1.29 is 18.8 Å². The van der Waals surface area contributed by atoms with Gasteiger partial charge in [-0.25, -0.2) is 0 Å². The molecule has 0 unspecified atom stereocenters. The molecule has 1 aliphatic rings. The normalized spacial score (nSPS) is 12.3. The zero-order valence-corrected chi connectivity index (χ0v) is 15.8. The number of carbonyl (C=O) groups excluding carboxylic acids is 1. The van der Waals surface area contributed by atoms with E-state index in [4.69, 9.17) is 14.0 Å². The largest absolute Gasteiger partial charge is 0.454 e. The Kier molecular flexibility index (Phi) is 4.17. The second-order valence-corrected chi connectivity index (χ2v) is 6.96. The van der Waals surface area contributed by atoms with Gasteiger partial charge in [0, 0.05) is 24.7 Å². The molecule has 0 atom stereocenters. The van der Waals surface area contributed by atoms with Crippen LogP contribution in [-0.4, -0.2) is 29.8 Å². The molecule has 1 aliphatic heterocycles. The summed E-state index contributed by atoms with van der Waals surface area (Å²) in [6, 6.07) is 20.9. The molecule has 0 saturated carbocycles. The Morgan fingerprint density at radius 1 is 1.00 bits per heavy atom. The van der Waals surface area contributed by atoms with Crippen molar-refractivity contribution in [2.45, 2.75) is 6.54 Å². The molecule has 6 nitrogen and oxygen atoms in total. The standard InChI is InChI=1S/C23H18N2O4/c1-25(13-15-7-10-20-21(11-15)28-14-27-20)23(26)17-8-9-19-18(12-17)22(29-24-19)16-5-3-2-4-6-16/h2-12H,13-14H2,1H3. The van der Waals surface area contributed by atoms with Crippen LogP contribution in [0.2, 0.25) is 0 Å². The van der Waals surface area contributed by atoms with Crippen LogP contribution in [0.3, 0.4) is 0 Å². The number of amides is 1. The number of nitrogens with zero attached hydrogens (tertiary/aromatic N) is 2. The Bertz CT molecular complexity index is 1200. The van der Waals surface area contributed by atoms with Crippen LogP contribution < -0.4 is 9.47 Å². The maximum atomic E-state index is 13.0. The highest BCUT2D eigenvalue weighted by atomic mass is 16.7. The van der Waals surface area contributed by atoms with Crippen LogP contribution in [0.5, 0.6) is 11.5 Å². The van der Waals surface area contributed by atoms with Crippen molar-refractivity contribution in [1.29, 1.82) is 0 Å². The molecule has 2 heterocycles. The number of rotatable bonds is 4. The Morgan fingerprint density at radius 3 is 2.69 bits per heavy atom. The van der Waals surface area contributed by atoms with Crippen LogP contribution in [-0.2, 0) is 6.54 Å². The van der Waals surface area contributed by atoms with Crippen LogP contribution in [0.15, 0.2) is 71.3 Å². The van der Waals surface area contributed by atoms with Crippen LogP contribution in [0, 0.1) is 0 Å². The predicted molar refractivity (Wildman–Crippen MR) is 108 cm³/mol. The maximum Gasteiger partial charge on any atom is 0.253 e. The number of carbonyl (C=O) groups is 1. The second kappa shape index (κ2) is 6.98. The maximum absolute atomic E-state index is 13.0. The van der Waals surface area contributed by atoms with Gasteiger partial charge in [0.15, 0.2) is 17.3 Å². The van der Waals surface area contributed by atoms with E-state index in [9.17, 15) is 4.79 Å². The molecule has 1 aromatic heterocycles. The quantitative estimate of drug-likeness (QED) is 0.517. The molecule has 0 spiro atoms. The van der Waals surface area contributed by atoms with Gasteiger partial charge in [0.1, 0.15) is 5.52 Å². The van der Waals surface area contributed by atoms with E-state index in [-0.39, 0.29) is 12.7 Å². The van der Waals surface area contributed by atoms with Crippen molar-refractivity contribution in [3.63, 3.8) is 0 Å². The molecule has 0 bridgehead atoms. The minimum atomic E-state index is -0.0789. The Hall–Kier alpha value is -3.80. The van der Waals surface area contributed by atoms with Crippen molar-refractivity contribution in [3.05, 3.63) is 77.9 Å². The van der Waals surface area contributed by atoms with E-state index in [1.54, 1.807) is 18.0 Å². The highest BCUT2D eigenvalue weighted by Crippen LogP contribution is 2.33. The Morgan fingerprint density at radius 2 is 1.83 bits per heavy atom.